The largest absolute Gasteiger partial charge is 0.485 e. The van der Waals surface area contributed by atoms with Crippen LogP contribution in [0.25, 0.3) is 0 Å². The van der Waals surface area contributed by atoms with Crippen molar-refractivity contribution in [3.8, 4) is 5.75 Å². The molecule has 2 aromatic rings. The highest BCUT2D eigenvalue weighted by Gasteiger charge is 2.35. The molecule has 0 fully saturated rings. The topological polar surface area (TPSA) is 18.5 Å². The predicted octanol–water partition coefficient (Wildman–Crippen LogP) is 7.63. The highest BCUT2D eigenvalue weighted by atomic mass is 35.5. The molecule has 0 amide bonds. The molecule has 30 heavy (non-hydrogen) atoms. The van der Waals surface area contributed by atoms with Crippen LogP contribution in [0.5, 0.6) is 5.75 Å². The van der Waals surface area contributed by atoms with E-state index in [1.165, 1.54) is 11.1 Å². The van der Waals surface area contributed by atoms with E-state index in [1.807, 2.05) is 50.2 Å². The van der Waals surface area contributed by atoms with Crippen LogP contribution in [0.3, 0.4) is 0 Å². The van der Waals surface area contributed by atoms with Crippen molar-refractivity contribution in [2.75, 3.05) is 13.2 Å². The summed E-state index contributed by atoms with van der Waals surface area (Å²) in [6, 6.07) is 18.5. The lowest BCUT2D eigenvalue weighted by molar-refractivity contribution is -0.0515. The second kappa shape index (κ2) is 11.2. The molecule has 0 saturated carbocycles. The Morgan fingerprint density at radius 1 is 0.833 bits per heavy atom. The molecule has 0 aliphatic rings. The number of hydrogen-bond donors (Lipinski definition) is 0. The van der Waals surface area contributed by atoms with E-state index < -0.39 is 0 Å². The van der Waals surface area contributed by atoms with Crippen LogP contribution in [-0.4, -0.2) is 18.8 Å². The Kier molecular flexibility index (Phi) is 9.25. The zero-order chi connectivity index (χ0) is 22.2. The Balaban J connectivity index is 2.10. The molecule has 0 bridgehead atoms. The fraction of sp³-hybridized carbons (Fsp3) is 0.556. The summed E-state index contributed by atoms with van der Waals surface area (Å²) in [5, 5.41) is 0. The molecule has 2 aromatic carbocycles. The molecule has 0 aliphatic carbocycles. The minimum absolute atomic E-state index is 0.324. The van der Waals surface area contributed by atoms with Gasteiger partial charge in [-0.25, -0.2) is 0 Å². The molecule has 0 unspecified atom stereocenters. The lowest BCUT2D eigenvalue weighted by Gasteiger charge is -2.37. The molecule has 0 aliphatic heterocycles. The standard InChI is InChI=1S/C27H39ClO2/c1-21(2)18-27(19-22(3)4,30-24-13-8-7-9-14-24)20-29-17-16-23-12-10-11-15-25(23)26(5,6)28/h7-15,21-22H,16-20H2,1-6H3. The van der Waals surface area contributed by atoms with Gasteiger partial charge in [0.25, 0.3) is 0 Å². The zero-order valence-electron chi connectivity index (χ0n) is 19.6. The van der Waals surface area contributed by atoms with Crippen molar-refractivity contribution < 1.29 is 9.47 Å². The maximum atomic E-state index is 6.61. The van der Waals surface area contributed by atoms with Crippen LogP contribution in [0.4, 0.5) is 0 Å². The van der Waals surface area contributed by atoms with Gasteiger partial charge in [0, 0.05) is 0 Å². The van der Waals surface area contributed by atoms with Crippen molar-refractivity contribution in [1.82, 2.24) is 0 Å². The fourth-order valence-corrected chi connectivity index (χ4v) is 4.48. The van der Waals surface area contributed by atoms with Crippen molar-refractivity contribution in [2.45, 2.75) is 71.3 Å². The normalized spacial score (nSPS) is 12.6. The number of halogens is 1. The number of para-hydroxylation sites is 1. The first kappa shape index (κ1) is 24.8. The average Bonchev–Trinajstić information content (AvgIpc) is 2.64. The lowest BCUT2D eigenvalue weighted by atomic mass is 9.85. The van der Waals surface area contributed by atoms with Gasteiger partial charge >= 0.3 is 0 Å². The van der Waals surface area contributed by atoms with Crippen molar-refractivity contribution in [3.05, 3.63) is 65.7 Å². The van der Waals surface area contributed by atoms with Crippen LogP contribution >= 0.6 is 11.6 Å². The van der Waals surface area contributed by atoms with E-state index in [0.717, 1.165) is 25.0 Å². The summed E-state index contributed by atoms with van der Waals surface area (Å²) in [5.74, 6) is 1.96. The highest BCUT2D eigenvalue weighted by molar-refractivity contribution is 6.23. The van der Waals surface area contributed by atoms with Crippen molar-refractivity contribution in [2.24, 2.45) is 11.8 Å². The molecule has 0 saturated heterocycles. The number of rotatable bonds is 12. The molecule has 2 rings (SSSR count). The zero-order valence-corrected chi connectivity index (χ0v) is 20.3. The van der Waals surface area contributed by atoms with E-state index in [9.17, 15) is 0 Å². The Morgan fingerprint density at radius 2 is 1.40 bits per heavy atom. The monoisotopic (exact) mass is 430 g/mol. The van der Waals surface area contributed by atoms with Crippen LogP contribution in [-0.2, 0) is 16.0 Å². The van der Waals surface area contributed by atoms with Gasteiger partial charge in [-0.2, -0.15) is 0 Å². The molecule has 2 nitrogen and oxygen atoms in total. The van der Waals surface area contributed by atoms with Crippen LogP contribution < -0.4 is 4.74 Å². The molecule has 3 heteroatoms. The van der Waals surface area contributed by atoms with Crippen LogP contribution in [0, 0.1) is 11.8 Å². The van der Waals surface area contributed by atoms with E-state index in [2.05, 4.69) is 45.9 Å². The number of ether oxygens (including phenoxy) is 2. The Bertz CT molecular complexity index is 737. The van der Waals surface area contributed by atoms with E-state index >= 15 is 0 Å². The summed E-state index contributed by atoms with van der Waals surface area (Å²) in [6.45, 7) is 14.3. The third-order valence-corrected chi connectivity index (χ3v) is 5.38. The SMILES string of the molecule is CC(C)CC(COCCc1ccccc1C(C)(C)Cl)(CC(C)C)Oc1ccccc1. The van der Waals surface area contributed by atoms with E-state index in [1.54, 1.807) is 0 Å². The number of hydrogen-bond acceptors (Lipinski definition) is 2. The summed E-state index contributed by atoms with van der Waals surface area (Å²) in [5.41, 5.74) is 2.10. The van der Waals surface area contributed by atoms with Crippen LogP contribution in [0.15, 0.2) is 54.6 Å². The van der Waals surface area contributed by atoms with Gasteiger partial charge in [-0.1, -0.05) is 70.2 Å². The summed E-state index contributed by atoms with van der Waals surface area (Å²) in [7, 11) is 0. The van der Waals surface area contributed by atoms with Gasteiger partial charge in [0.15, 0.2) is 0 Å². The van der Waals surface area contributed by atoms with E-state index in [-0.39, 0.29) is 10.5 Å². The second-order valence-corrected chi connectivity index (χ2v) is 10.7. The summed E-state index contributed by atoms with van der Waals surface area (Å²) >= 11 is 6.59. The van der Waals surface area contributed by atoms with Crippen LogP contribution in [0.1, 0.15) is 65.5 Å². The molecule has 166 valence electrons. The van der Waals surface area contributed by atoms with Gasteiger partial charge in [0.2, 0.25) is 0 Å². The van der Waals surface area contributed by atoms with Gasteiger partial charge in [0.05, 0.1) is 18.1 Å². The minimum atomic E-state index is -0.383. The fourth-order valence-electron chi connectivity index (χ4n) is 4.30. The molecule has 0 N–H and O–H groups in total. The molecular weight excluding hydrogens is 392 g/mol. The van der Waals surface area contributed by atoms with Crippen molar-refractivity contribution in [1.29, 1.82) is 0 Å². The minimum Gasteiger partial charge on any atom is -0.485 e. The van der Waals surface area contributed by atoms with Gasteiger partial charge in [-0.3, -0.25) is 0 Å². The molecular formula is C27H39ClO2. The molecule has 0 radical (unpaired) electrons. The van der Waals surface area contributed by atoms with Gasteiger partial charge < -0.3 is 9.47 Å². The maximum Gasteiger partial charge on any atom is 0.133 e. The molecule has 0 spiro atoms. The third kappa shape index (κ3) is 7.96. The van der Waals surface area contributed by atoms with E-state index in [4.69, 9.17) is 21.1 Å². The molecule has 0 heterocycles. The Labute approximate surface area is 188 Å². The number of benzene rings is 2. The first-order chi connectivity index (χ1) is 14.1. The summed E-state index contributed by atoms with van der Waals surface area (Å²) < 4.78 is 12.9. The Morgan fingerprint density at radius 3 is 1.97 bits per heavy atom. The second-order valence-electron chi connectivity index (χ2n) is 9.73. The van der Waals surface area contributed by atoms with Gasteiger partial charge in [-0.15, -0.1) is 11.6 Å². The Hall–Kier alpha value is -1.51. The first-order valence-corrected chi connectivity index (χ1v) is 11.6. The highest BCUT2D eigenvalue weighted by Crippen LogP contribution is 2.33. The first-order valence-electron chi connectivity index (χ1n) is 11.2. The maximum absolute atomic E-state index is 6.61. The van der Waals surface area contributed by atoms with Crippen LogP contribution in [0.2, 0.25) is 0 Å². The van der Waals surface area contributed by atoms with E-state index in [0.29, 0.717) is 25.0 Å². The smallest absolute Gasteiger partial charge is 0.133 e. The number of alkyl halides is 1. The molecule has 0 atom stereocenters. The molecule has 0 aromatic heterocycles. The van der Waals surface area contributed by atoms with Crippen molar-refractivity contribution >= 4 is 11.6 Å². The average molecular weight is 431 g/mol. The summed E-state index contributed by atoms with van der Waals surface area (Å²) in [4.78, 5) is -0.383. The van der Waals surface area contributed by atoms with Gasteiger partial charge in [-0.05, 0) is 68.2 Å². The lowest BCUT2D eigenvalue weighted by Crippen LogP contribution is -2.44. The summed E-state index contributed by atoms with van der Waals surface area (Å²) in [6.07, 6.45) is 2.77. The van der Waals surface area contributed by atoms with Crippen molar-refractivity contribution in [3.63, 3.8) is 0 Å². The predicted molar refractivity (Wildman–Crippen MR) is 129 cm³/mol. The van der Waals surface area contributed by atoms with Gasteiger partial charge in [0.1, 0.15) is 11.4 Å². The quantitative estimate of drug-likeness (QED) is 0.254. The third-order valence-electron chi connectivity index (χ3n) is 5.18.